The van der Waals surface area contributed by atoms with E-state index in [0.717, 1.165) is 19.1 Å². The highest BCUT2D eigenvalue weighted by Crippen LogP contribution is 2.30. The first-order valence-corrected chi connectivity index (χ1v) is 6.05. The summed E-state index contributed by atoms with van der Waals surface area (Å²) in [5.74, 6) is 0. The van der Waals surface area contributed by atoms with Crippen LogP contribution in [0.5, 0.6) is 0 Å². The molecule has 0 aromatic heterocycles. The molecule has 0 spiro atoms. The predicted molar refractivity (Wildman–Crippen MR) is 62.6 cm³/mol. The van der Waals surface area contributed by atoms with Gasteiger partial charge in [0.1, 0.15) is 0 Å². The third-order valence-electron chi connectivity index (χ3n) is 3.49. The third kappa shape index (κ3) is 2.96. The summed E-state index contributed by atoms with van der Waals surface area (Å²) in [6.45, 7) is 12.8. The molecule has 1 fully saturated rings. The minimum absolute atomic E-state index is 0.436. The summed E-state index contributed by atoms with van der Waals surface area (Å²) in [6.07, 6.45) is 4.01. The van der Waals surface area contributed by atoms with Crippen molar-refractivity contribution in [1.29, 1.82) is 0 Å². The van der Waals surface area contributed by atoms with Gasteiger partial charge in [-0.05, 0) is 59.7 Å². The van der Waals surface area contributed by atoms with Crippen LogP contribution in [0.2, 0.25) is 0 Å². The fourth-order valence-electron chi connectivity index (χ4n) is 2.59. The van der Waals surface area contributed by atoms with Crippen LogP contribution in [-0.2, 0) is 0 Å². The Labute approximate surface area is 89.1 Å². The minimum Gasteiger partial charge on any atom is -0.317 e. The molecule has 2 nitrogen and oxygen atoms in total. The predicted octanol–water partition coefficient (Wildman–Crippen LogP) is 2.25. The summed E-state index contributed by atoms with van der Waals surface area (Å²) < 4.78 is 0. The maximum Gasteiger partial charge on any atom is 0.0156 e. The molecule has 1 aliphatic rings. The van der Waals surface area contributed by atoms with Crippen LogP contribution in [0.15, 0.2) is 0 Å². The molecule has 0 amide bonds. The van der Waals surface area contributed by atoms with Crippen LogP contribution in [0, 0.1) is 0 Å². The quantitative estimate of drug-likeness (QED) is 0.682. The molecule has 0 aliphatic carbocycles. The van der Waals surface area contributed by atoms with Crippen molar-refractivity contribution in [2.75, 3.05) is 19.6 Å². The van der Waals surface area contributed by atoms with E-state index in [4.69, 9.17) is 0 Å². The Morgan fingerprint density at radius 2 is 2.14 bits per heavy atom. The number of rotatable bonds is 5. The van der Waals surface area contributed by atoms with E-state index < -0.39 is 0 Å². The normalized spacial score (nSPS) is 24.0. The lowest BCUT2D eigenvalue weighted by Crippen LogP contribution is -2.45. The molecule has 1 unspecified atom stereocenters. The highest BCUT2D eigenvalue weighted by Gasteiger charge is 2.34. The molecule has 1 N–H and O–H groups in total. The lowest BCUT2D eigenvalue weighted by Gasteiger charge is -2.36. The van der Waals surface area contributed by atoms with Gasteiger partial charge in [-0.3, -0.25) is 4.90 Å². The van der Waals surface area contributed by atoms with Crippen LogP contribution in [0.25, 0.3) is 0 Å². The standard InChI is InChI=1S/C12H26N2/c1-5-13-9-7-11(2)14-10-6-8-12(14,3)4/h11,13H,5-10H2,1-4H3. The zero-order chi connectivity index (χ0) is 10.6. The zero-order valence-electron chi connectivity index (χ0n) is 10.3. The Bertz CT molecular complexity index is 166. The van der Waals surface area contributed by atoms with Crippen LogP contribution in [0.3, 0.4) is 0 Å². The molecule has 1 aliphatic heterocycles. The van der Waals surface area contributed by atoms with Gasteiger partial charge < -0.3 is 5.32 Å². The van der Waals surface area contributed by atoms with Crippen molar-refractivity contribution in [3.8, 4) is 0 Å². The number of hydrogen-bond donors (Lipinski definition) is 1. The third-order valence-corrected chi connectivity index (χ3v) is 3.49. The van der Waals surface area contributed by atoms with Crippen molar-refractivity contribution in [3.05, 3.63) is 0 Å². The molecule has 0 bridgehead atoms. The van der Waals surface area contributed by atoms with Crippen LogP contribution < -0.4 is 5.32 Å². The number of likely N-dealkylation sites (tertiary alicyclic amines) is 1. The molecule has 2 heteroatoms. The first kappa shape index (κ1) is 12.0. The second-order valence-corrected chi connectivity index (χ2v) is 5.10. The highest BCUT2D eigenvalue weighted by molar-refractivity contribution is 4.90. The lowest BCUT2D eigenvalue weighted by molar-refractivity contribution is 0.119. The molecule has 0 aromatic carbocycles. The van der Waals surface area contributed by atoms with Crippen LogP contribution in [0.4, 0.5) is 0 Å². The molecule has 1 heterocycles. The molecule has 14 heavy (non-hydrogen) atoms. The van der Waals surface area contributed by atoms with Crippen molar-refractivity contribution in [3.63, 3.8) is 0 Å². The first-order chi connectivity index (χ1) is 6.58. The van der Waals surface area contributed by atoms with Crippen LogP contribution >= 0.6 is 0 Å². The van der Waals surface area contributed by atoms with E-state index in [0.29, 0.717) is 5.54 Å². The van der Waals surface area contributed by atoms with Crippen molar-refractivity contribution >= 4 is 0 Å². The van der Waals surface area contributed by atoms with Gasteiger partial charge in [-0.25, -0.2) is 0 Å². The number of nitrogens with zero attached hydrogens (tertiary/aromatic N) is 1. The molecule has 84 valence electrons. The first-order valence-electron chi connectivity index (χ1n) is 6.05. The number of hydrogen-bond acceptors (Lipinski definition) is 2. The zero-order valence-corrected chi connectivity index (χ0v) is 10.3. The fraction of sp³-hybridized carbons (Fsp3) is 1.00. The van der Waals surface area contributed by atoms with E-state index in [1.807, 2.05) is 0 Å². The van der Waals surface area contributed by atoms with Gasteiger partial charge in [0.05, 0.1) is 0 Å². The molecule has 1 atom stereocenters. The molecule has 0 radical (unpaired) electrons. The van der Waals surface area contributed by atoms with Crippen molar-refractivity contribution < 1.29 is 0 Å². The van der Waals surface area contributed by atoms with Gasteiger partial charge in [-0.15, -0.1) is 0 Å². The topological polar surface area (TPSA) is 15.3 Å². The molecular weight excluding hydrogens is 172 g/mol. The molecule has 1 rings (SSSR count). The van der Waals surface area contributed by atoms with Gasteiger partial charge in [0.25, 0.3) is 0 Å². The Morgan fingerprint density at radius 1 is 1.43 bits per heavy atom. The average molecular weight is 198 g/mol. The van der Waals surface area contributed by atoms with Crippen molar-refractivity contribution in [2.45, 2.75) is 58.5 Å². The molecule has 0 saturated carbocycles. The highest BCUT2D eigenvalue weighted by atomic mass is 15.2. The van der Waals surface area contributed by atoms with E-state index in [-0.39, 0.29) is 0 Å². The average Bonchev–Trinajstić information content (AvgIpc) is 2.45. The molecule has 1 saturated heterocycles. The largest absolute Gasteiger partial charge is 0.317 e. The van der Waals surface area contributed by atoms with E-state index in [1.54, 1.807) is 0 Å². The Balaban J connectivity index is 2.32. The van der Waals surface area contributed by atoms with Gasteiger partial charge in [0, 0.05) is 11.6 Å². The Kier molecular flexibility index (Phi) is 4.39. The summed E-state index contributed by atoms with van der Waals surface area (Å²) in [4.78, 5) is 2.67. The maximum absolute atomic E-state index is 3.40. The Morgan fingerprint density at radius 3 is 2.64 bits per heavy atom. The fourth-order valence-corrected chi connectivity index (χ4v) is 2.59. The monoisotopic (exact) mass is 198 g/mol. The molecule has 0 aromatic rings. The maximum atomic E-state index is 3.40. The second kappa shape index (κ2) is 5.13. The van der Waals surface area contributed by atoms with Gasteiger partial charge in [0.15, 0.2) is 0 Å². The smallest absolute Gasteiger partial charge is 0.0156 e. The SMILES string of the molecule is CCNCCC(C)N1CCCC1(C)C. The van der Waals surface area contributed by atoms with Gasteiger partial charge in [0.2, 0.25) is 0 Å². The van der Waals surface area contributed by atoms with Crippen LogP contribution in [0.1, 0.15) is 47.0 Å². The van der Waals surface area contributed by atoms with Gasteiger partial charge in [-0.1, -0.05) is 6.92 Å². The second-order valence-electron chi connectivity index (χ2n) is 5.10. The lowest BCUT2D eigenvalue weighted by atomic mass is 10.00. The summed E-state index contributed by atoms with van der Waals surface area (Å²) >= 11 is 0. The number of nitrogens with one attached hydrogen (secondary N) is 1. The summed E-state index contributed by atoms with van der Waals surface area (Å²) in [5.41, 5.74) is 0.436. The Hall–Kier alpha value is -0.0800. The summed E-state index contributed by atoms with van der Waals surface area (Å²) in [6, 6.07) is 0.728. The van der Waals surface area contributed by atoms with Crippen molar-refractivity contribution in [1.82, 2.24) is 10.2 Å². The minimum atomic E-state index is 0.436. The summed E-state index contributed by atoms with van der Waals surface area (Å²) in [5, 5.41) is 3.40. The van der Waals surface area contributed by atoms with E-state index in [1.165, 1.54) is 25.8 Å². The van der Waals surface area contributed by atoms with Crippen LogP contribution in [-0.4, -0.2) is 36.1 Å². The molecular formula is C12H26N2. The van der Waals surface area contributed by atoms with E-state index in [9.17, 15) is 0 Å². The van der Waals surface area contributed by atoms with Gasteiger partial charge >= 0.3 is 0 Å². The summed E-state index contributed by atoms with van der Waals surface area (Å²) in [7, 11) is 0. The van der Waals surface area contributed by atoms with Gasteiger partial charge in [-0.2, -0.15) is 0 Å². The van der Waals surface area contributed by atoms with E-state index >= 15 is 0 Å². The van der Waals surface area contributed by atoms with Crippen molar-refractivity contribution in [2.24, 2.45) is 0 Å². The van der Waals surface area contributed by atoms with E-state index in [2.05, 4.69) is 37.9 Å².